The van der Waals surface area contributed by atoms with Crippen LogP contribution in [0.25, 0.3) is 0 Å². The zero-order chi connectivity index (χ0) is 20.0. The van der Waals surface area contributed by atoms with E-state index in [4.69, 9.17) is 0 Å². The number of carbonyl (C=O) groups excluding carboxylic acids is 3. The van der Waals surface area contributed by atoms with E-state index in [1.165, 1.54) is 0 Å². The van der Waals surface area contributed by atoms with Crippen LogP contribution in [0, 0.1) is 18.6 Å². The third-order valence-corrected chi connectivity index (χ3v) is 3.70. The summed E-state index contributed by atoms with van der Waals surface area (Å²) >= 11 is 0. The van der Waals surface area contributed by atoms with Crippen LogP contribution in [0.5, 0.6) is 0 Å². The molecule has 0 atom stereocenters. The van der Waals surface area contributed by atoms with Gasteiger partial charge in [-0.2, -0.15) is 0 Å². The van der Waals surface area contributed by atoms with Crippen LogP contribution in [-0.2, 0) is 9.59 Å². The lowest BCUT2D eigenvalue weighted by Crippen LogP contribution is -2.33. The summed E-state index contributed by atoms with van der Waals surface area (Å²) in [7, 11) is 0. The molecular formula is C19H19F2N3O3. The van der Waals surface area contributed by atoms with Crippen LogP contribution in [-0.4, -0.2) is 24.3 Å². The van der Waals surface area contributed by atoms with Crippen LogP contribution in [0.3, 0.4) is 0 Å². The number of amides is 3. The number of anilines is 2. The number of rotatable bonds is 6. The first kappa shape index (κ1) is 20.0. The Bertz CT molecular complexity index is 884. The number of aryl methyl sites for hydroxylation is 1. The quantitative estimate of drug-likeness (QED) is 0.725. The summed E-state index contributed by atoms with van der Waals surface area (Å²) in [5, 5.41) is 7.57. The minimum atomic E-state index is -1.01. The molecule has 0 saturated carbocycles. The van der Waals surface area contributed by atoms with Crippen LogP contribution in [0.2, 0.25) is 0 Å². The number of halogens is 2. The average Bonchev–Trinajstić information content (AvgIpc) is 2.62. The molecule has 0 aliphatic rings. The van der Waals surface area contributed by atoms with E-state index in [2.05, 4.69) is 16.0 Å². The van der Waals surface area contributed by atoms with Gasteiger partial charge in [-0.05, 0) is 36.8 Å². The SMILES string of the molecule is CCC(=O)Nc1ccc(C)c(NC(=O)CNC(=O)c2ccc(F)cc2F)c1. The van der Waals surface area contributed by atoms with Gasteiger partial charge in [0.1, 0.15) is 11.6 Å². The number of hydrogen-bond acceptors (Lipinski definition) is 3. The zero-order valence-corrected chi connectivity index (χ0v) is 14.9. The third kappa shape index (κ3) is 5.60. The highest BCUT2D eigenvalue weighted by Gasteiger charge is 2.14. The standard InChI is InChI=1S/C19H19F2N3O3/c1-3-17(25)23-13-6-4-11(2)16(9-13)24-18(26)10-22-19(27)14-7-5-12(20)8-15(14)21/h4-9H,3,10H2,1-2H3,(H,22,27)(H,23,25)(H,24,26). The van der Waals surface area contributed by atoms with Crippen LogP contribution < -0.4 is 16.0 Å². The lowest BCUT2D eigenvalue weighted by molar-refractivity contribution is -0.116. The van der Waals surface area contributed by atoms with E-state index >= 15 is 0 Å². The highest BCUT2D eigenvalue weighted by molar-refractivity contribution is 6.00. The van der Waals surface area contributed by atoms with Crippen molar-refractivity contribution in [3.05, 3.63) is 59.2 Å². The fourth-order valence-electron chi connectivity index (χ4n) is 2.21. The van der Waals surface area contributed by atoms with Gasteiger partial charge in [0.2, 0.25) is 11.8 Å². The van der Waals surface area contributed by atoms with Crippen molar-refractivity contribution in [2.45, 2.75) is 20.3 Å². The fourth-order valence-corrected chi connectivity index (χ4v) is 2.21. The second kappa shape index (κ2) is 8.88. The van der Waals surface area contributed by atoms with E-state index in [1.54, 1.807) is 32.0 Å². The molecule has 0 unspecified atom stereocenters. The second-order valence-corrected chi connectivity index (χ2v) is 5.79. The van der Waals surface area contributed by atoms with Crippen LogP contribution in [0.4, 0.5) is 20.2 Å². The van der Waals surface area contributed by atoms with Crippen LogP contribution in [0.15, 0.2) is 36.4 Å². The first-order valence-electron chi connectivity index (χ1n) is 8.23. The first-order chi connectivity index (χ1) is 12.8. The molecule has 3 N–H and O–H groups in total. The summed E-state index contributed by atoms with van der Waals surface area (Å²) in [6.07, 6.45) is 0.321. The molecule has 0 fully saturated rings. The largest absolute Gasteiger partial charge is 0.343 e. The minimum Gasteiger partial charge on any atom is -0.343 e. The van der Waals surface area contributed by atoms with Gasteiger partial charge in [0.25, 0.3) is 5.91 Å². The van der Waals surface area contributed by atoms with Crippen LogP contribution >= 0.6 is 0 Å². The topological polar surface area (TPSA) is 87.3 Å². The fraction of sp³-hybridized carbons (Fsp3) is 0.211. The molecule has 3 amide bonds. The van der Waals surface area contributed by atoms with E-state index in [0.717, 1.165) is 17.7 Å². The maximum atomic E-state index is 13.6. The summed E-state index contributed by atoms with van der Waals surface area (Å²) in [5.41, 5.74) is 1.40. The highest BCUT2D eigenvalue weighted by atomic mass is 19.1. The molecule has 0 radical (unpaired) electrons. The molecule has 0 spiro atoms. The minimum absolute atomic E-state index is 0.162. The molecule has 0 saturated heterocycles. The van der Waals surface area contributed by atoms with Gasteiger partial charge in [-0.1, -0.05) is 13.0 Å². The highest BCUT2D eigenvalue weighted by Crippen LogP contribution is 2.20. The van der Waals surface area contributed by atoms with E-state index in [-0.39, 0.29) is 11.5 Å². The lowest BCUT2D eigenvalue weighted by atomic mass is 10.1. The Labute approximate surface area is 155 Å². The predicted molar refractivity (Wildman–Crippen MR) is 97.4 cm³/mol. The Hall–Kier alpha value is -3.29. The van der Waals surface area contributed by atoms with Crippen molar-refractivity contribution in [3.8, 4) is 0 Å². The summed E-state index contributed by atoms with van der Waals surface area (Å²) in [5.74, 6) is -3.34. The molecule has 27 heavy (non-hydrogen) atoms. The smallest absolute Gasteiger partial charge is 0.254 e. The van der Waals surface area contributed by atoms with E-state index < -0.39 is 30.0 Å². The first-order valence-corrected chi connectivity index (χ1v) is 8.23. The molecule has 2 aromatic carbocycles. The maximum absolute atomic E-state index is 13.6. The molecule has 8 heteroatoms. The van der Waals surface area contributed by atoms with Gasteiger partial charge in [0.15, 0.2) is 0 Å². The van der Waals surface area contributed by atoms with Crippen molar-refractivity contribution in [1.82, 2.24) is 5.32 Å². The number of benzene rings is 2. The Morgan fingerprint density at radius 3 is 2.37 bits per heavy atom. The van der Waals surface area contributed by atoms with Crippen LogP contribution in [0.1, 0.15) is 29.3 Å². The predicted octanol–water partition coefficient (Wildman–Crippen LogP) is 2.99. The Balaban J connectivity index is 1.98. The average molecular weight is 375 g/mol. The van der Waals surface area contributed by atoms with Gasteiger partial charge in [-0.15, -0.1) is 0 Å². The van der Waals surface area contributed by atoms with Crippen molar-refractivity contribution in [2.24, 2.45) is 0 Å². The molecule has 6 nitrogen and oxygen atoms in total. The van der Waals surface area contributed by atoms with E-state index in [0.29, 0.717) is 23.9 Å². The molecule has 2 rings (SSSR count). The maximum Gasteiger partial charge on any atom is 0.254 e. The molecule has 2 aromatic rings. The number of nitrogens with one attached hydrogen (secondary N) is 3. The lowest BCUT2D eigenvalue weighted by Gasteiger charge is -2.12. The second-order valence-electron chi connectivity index (χ2n) is 5.79. The van der Waals surface area contributed by atoms with Gasteiger partial charge in [0, 0.05) is 23.9 Å². The van der Waals surface area contributed by atoms with E-state index in [1.807, 2.05) is 0 Å². The molecule has 0 aromatic heterocycles. The van der Waals surface area contributed by atoms with Crippen molar-refractivity contribution < 1.29 is 23.2 Å². The van der Waals surface area contributed by atoms with Gasteiger partial charge < -0.3 is 16.0 Å². The van der Waals surface area contributed by atoms with Gasteiger partial charge >= 0.3 is 0 Å². The summed E-state index contributed by atoms with van der Waals surface area (Å²) in [4.78, 5) is 35.4. The van der Waals surface area contributed by atoms with Crippen molar-refractivity contribution in [2.75, 3.05) is 17.2 Å². The summed E-state index contributed by atoms with van der Waals surface area (Å²) < 4.78 is 26.4. The van der Waals surface area contributed by atoms with Crippen molar-refractivity contribution >= 4 is 29.1 Å². The summed E-state index contributed by atoms with van der Waals surface area (Å²) in [6, 6.07) is 7.58. The van der Waals surface area contributed by atoms with Gasteiger partial charge in [-0.3, -0.25) is 14.4 Å². The molecule has 142 valence electrons. The molecular weight excluding hydrogens is 356 g/mol. The number of carbonyl (C=O) groups is 3. The van der Waals surface area contributed by atoms with Gasteiger partial charge in [-0.25, -0.2) is 8.78 Å². The molecule has 0 heterocycles. The number of hydrogen-bond donors (Lipinski definition) is 3. The zero-order valence-electron chi connectivity index (χ0n) is 14.9. The van der Waals surface area contributed by atoms with Crippen molar-refractivity contribution in [3.63, 3.8) is 0 Å². The van der Waals surface area contributed by atoms with E-state index in [9.17, 15) is 23.2 Å². The van der Waals surface area contributed by atoms with Crippen molar-refractivity contribution in [1.29, 1.82) is 0 Å². The molecule has 0 bridgehead atoms. The van der Waals surface area contributed by atoms with Gasteiger partial charge in [0.05, 0.1) is 12.1 Å². The Morgan fingerprint density at radius 1 is 0.963 bits per heavy atom. The molecule has 0 aliphatic carbocycles. The Kier molecular flexibility index (Phi) is 6.59. The monoisotopic (exact) mass is 375 g/mol. The third-order valence-electron chi connectivity index (χ3n) is 3.70. The summed E-state index contributed by atoms with van der Waals surface area (Å²) in [6.45, 7) is 3.09. The molecule has 0 aliphatic heterocycles. The normalized spacial score (nSPS) is 10.2. The Morgan fingerprint density at radius 2 is 1.70 bits per heavy atom.